The van der Waals surface area contributed by atoms with Crippen molar-refractivity contribution in [2.24, 2.45) is 0 Å². The molecule has 0 radical (unpaired) electrons. The second kappa shape index (κ2) is 2.31. The maximum absolute atomic E-state index is 10.4. The SMILES string of the molecule is O=C1NC(=C=S)CS1. The van der Waals surface area contributed by atoms with E-state index in [0.29, 0.717) is 5.75 Å². The van der Waals surface area contributed by atoms with Crippen LogP contribution in [0.4, 0.5) is 4.79 Å². The van der Waals surface area contributed by atoms with E-state index in [0.717, 1.165) is 5.70 Å². The number of rotatable bonds is 0. The van der Waals surface area contributed by atoms with Crippen LogP contribution in [0.25, 0.3) is 0 Å². The smallest absolute Gasteiger partial charge is 0.284 e. The van der Waals surface area contributed by atoms with Crippen molar-refractivity contribution in [3.63, 3.8) is 0 Å². The molecule has 1 rings (SSSR count). The first-order valence-corrected chi connectivity index (χ1v) is 3.40. The van der Waals surface area contributed by atoms with Gasteiger partial charge in [-0.3, -0.25) is 4.79 Å². The van der Waals surface area contributed by atoms with Crippen LogP contribution in [0.2, 0.25) is 0 Å². The molecule has 4 heteroatoms. The molecule has 1 saturated heterocycles. The first-order valence-electron chi connectivity index (χ1n) is 2.00. The average Bonchev–Trinajstić information content (AvgIpc) is 2.14. The fraction of sp³-hybridized carbons (Fsp3) is 0.250. The Morgan fingerprint density at radius 2 is 2.62 bits per heavy atom. The van der Waals surface area contributed by atoms with Crippen LogP contribution < -0.4 is 5.32 Å². The number of nitrogens with one attached hydrogen (secondary N) is 1. The second-order valence-corrected chi connectivity index (χ2v) is 2.43. The molecule has 8 heavy (non-hydrogen) atoms. The van der Waals surface area contributed by atoms with Gasteiger partial charge >= 0.3 is 0 Å². The van der Waals surface area contributed by atoms with E-state index in [1.165, 1.54) is 11.8 Å². The number of amides is 1. The van der Waals surface area contributed by atoms with E-state index in [1.54, 1.807) is 0 Å². The lowest BCUT2D eigenvalue weighted by Crippen LogP contribution is -2.08. The molecule has 1 aliphatic rings. The van der Waals surface area contributed by atoms with Gasteiger partial charge in [-0.1, -0.05) is 11.8 Å². The molecule has 1 fully saturated rings. The predicted octanol–water partition coefficient (Wildman–Crippen LogP) is 0.925. The molecule has 1 heterocycles. The zero-order valence-corrected chi connectivity index (χ0v) is 5.56. The minimum Gasteiger partial charge on any atom is -0.312 e. The highest BCUT2D eigenvalue weighted by atomic mass is 32.2. The molecule has 0 unspecified atom stereocenters. The van der Waals surface area contributed by atoms with Gasteiger partial charge < -0.3 is 5.32 Å². The lowest BCUT2D eigenvalue weighted by molar-refractivity contribution is 0.263. The molecule has 1 amide bonds. The normalized spacial score (nSPS) is 18.0. The van der Waals surface area contributed by atoms with Crippen LogP contribution in [-0.4, -0.2) is 16.0 Å². The highest BCUT2D eigenvalue weighted by Crippen LogP contribution is 2.12. The van der Waals surface area contributed by atoms with E-state index in [9.17, 15) is 4.79 Å². The summed E-state index contributed by atoms with van der Waals surface area (Å²) in [5.74, 6) is 0.655. The third kappa shape index (κ3) is 1.10. The molecule has 1 aliphatic heterocycles. The summed E-state index contributed by atoms with van der Waals surface area (Å²) in [5, 5.41) is 4.94. The Kier molecular flexibility index (Phi) is 1.68. The molecule has 0 aromatic heterocycles. The van der Waals surface area contributed by atoms with Crippen LogP contribution in [-0.2, 0) is 0 Å². The lowest BCUT2D eigenvalue weighted by Gasteiger charge is -1.83. The average molecular weight is 145 g/mol. The third-order valence-corrected chi connectivity index (χ3v) is 1.77. The van der Waals surface area contributed by atoms with Crippen molar-refractivity contribution in [1.82, 2.24) is 5.32 Å². The quantitative estimate of drug-likeness (QED) is 0.514. The summed E-state index contributed by atoms with van der Waals surface area (Å²) >= 11 is 5.66. The van der Waals surface area contributed by atoms with Crippen molar-refractivity contribution in [2.75, 3.05) is 5.75 Å². The van der Waals surface area contributed by atoms with Gasteiger partial charge in [-0.15, -0.1) is 0 Å². The van der Waals surface area contributed by atoms with Gasteiger partial charge in [0.15, 0.2) is 0 Å². The van der Waals surface area contributed by atoms with Crippen molar-refractivity contribution in [1.29, 1.82) is 0 Å². The minimum atomic E-state index is -0.0302. The highest BCUT2D eigenvalue weighted by Gasteiger charge is 2.13. The van der Waals surface area contributed by atoms with Crippen LogP contribution in [0.5, 0.6) is 0 Å². The Bertz CT molecular complexity index is 171. The molecule has 0 saturated carbocycles. The van der Waals surface area contributed by atoms with Gasteiger partial charge in [-0.25, -0.2) is 0 Å². The van der Waals surface area contributed by atoms with Crippen molar-refractivity contribution in [3.8, 4) is 0 Å². The van der Waals surface area contributed by atoms with E-state index in [2.05, 4.69) is 22.6 Å². The van der Waals surface area contributed by atoms with Crippen molar-refractivity contribution in [2.45, 2.75) is 0 Å². The van der Waals surface area contributed by atoms with E-state index >= 15 is 0 Å². The Morgan fingerprint density at radius 1 is 1.88 bits per heavy atom. The number of hydrogen-bond donors (Lipinski definition) is 1. The number of carbonyl (C=O) groups is 1. The molecule has 0 aromatic carbocycles. The van der Waals surface area contributed by atoms with Crippen LogP contribution in [0.1, 0.15) is 0 Å². The summed E-state index contributed by atoms with van der Waals surface area (Å²) in [4.78, 5) is 10.4. The van der Waals surface area contributed by atoms with Crippen molar-refractivity contribution >= 4 is 34.2 Å². The molecule has 0 bridgehead atoms. The lowest BCUT2D eigenvalue weighted by atomic mass is 10.6. The van der Waals surface area contributed by atoms with Crippen LogP contribution in [0, 0.1) is 0 Å². The highest BCUT2D eigenvalue weighted by molar-refractivity contribution is 8.14. The number of hydrogen-bond acceptors (Lipinski definition) is 3. The molecular weight excluding hydrogens is 142 g/mol. The van der Waals surface area contributed by atoms with Crippen molar-refractivity contribution in [3.05, 3.63) is 5.70 Å². The molecule has 1 N–H and O–H groups in total. The summed E-state index contributed by atoms with van der Waals surface area (Å²) in [6.45, 7) is 0. The predicted molar refractivity (Wildman–Crippen MR) is 37.1 cm³/mol. The van der Waals surface area contributed by atoms with Gasteiger partial charge in [0.25, 0.3) is 5.24 Å². The van der Waals surface area contributed by atoms with E-state index < -0.39 is 0 Å². The summed E-state index contributed by atoms with van der Waals surface area (Å²) in [6, 6.07) is 0. The minimum absolute atomic E-state index is 0.0302. The molecule has 0 aromatic rings. The molecule has 42 valence electrons. The molecule has 0 spiro atoms. The first kappa shape index (κ1) is 5.82. The van der Waals surface area contributed by atoms with Gasteiger partial charge in [-0.05, 0) is 17.2 Å². The fourth-order valence-corrected chi connectivity index (χ4v) is 1.22. The van der Waals surface area contributed by atoms with Crippen molar-refractivity contribution < 1.29 is 4.79 Å². The third-order valence-electron chi connectivity index (χ3n) is 0.724. The van der Waals surface area contributed by atoms with E-state index in [4.69, 9.17) is 0 Å². The van der Waals surface area contributed by atoms with Crippen LogP contribution in [0.15, 0.2) is 5.70 Å². The topological polar surface area (TPSA) is 29.1 Å². The Morgan fingerprint density at radius 3 is 2.88 bits per heavy atom. The van der Waals surface area contributed by atoms with Gasteiger partial charge in [0.1, 0.15) is 0 Å². The maximum atomic E-state index is 10.4. The Labute approximate surface area is 56.3 Å². The van der Waals surface area contributed by atoms with Crippen LogP contribution >= 0.6 is 24.0 Å². The van der Waals surface area contributed by atoms with Gasteiger partial charge in [0.2, 0.25) is 0 Å². The summed E-state index contributed by atoms with van der Waals surface area (Å²) < 4.78 is 0. The van der Waals surface area contributed by atoms with Crippen LogP contribution in [0.3, 0.4) is 0 Å². The first-order chi connectivity index (χ1) is 3.83. The molecule has 2 nitrogen and oxygen atoms in total. The fourth-order valence-electron chi connectivity index (χ4n) is 0.388. The Balaban J connectivity index is 2.70. The maximum Gasteiger partial charge on any atom is 0.284 e. The van der Waals surface area contributed by atoms with E-state index in [1.807, 2.05) is 0 Å². The molecule has 0 atom stereocenters. The van der Waals surface area contributed by atoms with Gasteiger partial charge in [0.05, 0.1) is 11.4 Å². The van der Waals surface area contributed by atoms with Gasteiger partial charge in [-0.2, -0.15) is 0 Å². The zero-order valence-electron chi connectivity index (χ0n) is 3.93. The summed E-state index contributed by atoms with van der Waals surface area (Å²) in [6.07, 6.45) is 0. The number of carbonyl (C=O) groups excluding carboxylic acids is 1. The second-order valence-electron chi connectivity index (χ2n) is 1.28. The zero-order chi connectivity index (χ0) is 5.98. The summed E-state index contributed by atoms with van der Waals surface area (Å²) in [5.41, 5.74) is 0.718. The largest absolute Gasteiger partial charge is 0.312 e. The summed E-state index contributed by atoms with van der Waals surface area (Å²) in [7, 11) is 0. The molecular formula is C4H3NOS2. The van der Waals surface area contributed by atoms with Gasteiger partial charge in [0, 0.05) is 0 Å². The standard InChI is InChI=1S/C4H3NOS2/c6-4-5-3(1-7)2-8-4/h2H2,(H,5,6). The monoisotopic (exact) mass is 145 g/mol. The number of thiocarbonyl (C=S) groups is 1. The Hall–Kier alpha value is -0.310. The van der Waals surface area contributed by atoms with E-state index in [-0.39, 0.29) is 5.24 Å². The molecule has 0 aliphatic carbocycles. The number of thioether (sulfide) groups is 1.